The van der Waals surface area contributed by atoms with E-state index in [1.807, 2.05) is 0 Å². The second-order valence-electron chi connectivity index (χ2n) is 6.22. The summed E-state index contributed by atoms with van der Waals surface area (Å²) in [5.41, 5.74) is 0.782. The van der Waals surface area contributed by atoms with Gasteiger partial charge in [0.2, 0.25) is 11.8 Å². The number of hydrogen-bond acceptors (Lipinski definition) is 2. The highest BCUT2D eigenvalue weighted by Gasteiger charge is 2.37. The van der Waals surface area contributed by atoms with Gasteiger partial charge in [-0.25, -0.2) is 8.78 Å². The van der Waals surface area contributed by atoms with E-state index in [0.717, 1.165) is 0 Å². The lowest BCUT2D eigenvalue weighted by Gasteiger charge is -2.39. The first-order valence-electron chi connectivity index (χ1n) is 8.12. The SMILES string of the molecule is C[C@H]1C(=O)N(Cc2cccc(F)c2)CC(=O)N1Cc1c(F)cccc1Cl. The second-order valence-corrected chi connectivity index (χ2v) is 6.63. The number of piperazine rings is 1. The van der Waals surface area contributed by atoms with Crippen molar-refractivity contribution in [2.45, 2.75) is 26.1 Å². The highest BCUT2D eigenvalue weighted by Crippen LogP contribution is 2.24. The van der Waals surface area contributed by atoms with Crippen LogP contribution >= 0.6 is 11.6 Å². The van der Waals surface area contributed by atoms with Crippen LogP contribution in [0, 0.1) is 11.6 Å². The third-order valence-electron chi connectivity index (χ3n) is 4.44. The molecule has 4 nitrogen and oxygen atoms in total. The molecule has 0 bridgehead atoms. The first kappa shape index (κ1) is 18.3. The van der Waals surface area contributed by atoms with Crippen LogP contribution < -0.4 is 0 Å². The topological polar surface area (TPSA) is 40.6 Å². The maximum absolute atomic E-state index is 14.0. The number of nitrogens with zero attached hydrogens (tertiary/aromatic N) is 2. The van der Waals surface area contributed by atoms with Crippen molar-refractivity contribution >= 4 is 23.4 Å². The Balaban J connectivity index is 1.77. The minimum Gasteiger partial charge on any atom is -0.327 e. The van der Waals surface area contributed by atoms with E-state index in [1.54, 1.807) is 19.1 Å². The van der Waals surface area contributed by atoms with Crippen molar-refractivity contribution in [2.24, 2.45) is 0 Å². The van der Waals surface area contributed by atoms with Crippen molar-refractivity contribution in [3.63, 3.8) is 0 Å². The molecule has 0 radical (unpaired) electrons. The number of rotatable bonds is 4. The molecule has 0 unspecified atom stereocenters. The van der Waals surface area contributed by atoms with Gasteiger partial charge in [0.1, 0.15) is 24.2 Å². The van der Waals surface area contributed by atoms with Crippen molar-refractivity contribution in [3.05, 3.63) is 70.2 Å². The lowest BCUT2D eigenvalue weighted by atomic mass is 10.1. The molecule has 0 aromatic heterocycles. The highest BCUT2D eigenvalue weighted by molar-refractivity contribution is 6.31. The van der Waals surface area contributed by atoms with E-state index in [9.17, 15) is 18.4 Å². The average molecular weight is 379 g/mol. The van der Waals surface area contributed by atoms with Crippen LogP contribution in [0.5, 0.6) is 0 Å². The van der Waals surface area contributed by atoms with Gasteiger partial charge in [-0.3, -0.25) is 9.59 Å². The van der Waals surface area contributed by atoms with Gasteiger partial charge in [0, 0.05) is 17.1 Å². The van der Waals surface area contributed by atoms with E-state index in [2.05, 4.69) is 0 Å². The molecule has 0 N–H and O–H groups in total. The summed E-state index contributed by atoms with van der Waals surface area (Å²) in [5, 5.41) is 0.208. The molecule has 1 atom stereocenters. The Morgan fingerprint density at radius 1 is 1.12 bits per heavy atom. The molecule has 2 aromatic carbocycles. The lowest BCUT2D eigenvalue weighted by Crippen LogP contribution is -2.58. The maximum Gasteiger partial charge on any atom is 0.245 e. The molecule has 0 aliphatic carbocycles. The number of carbonyl (C=O) groups is 2. The van der Waals surface area contributed by atoms with Crippen LogP contribution in [-0.4, -0.2) is 34.2 Å². The van der Waals surface area contributed by atoms with Gasteiger partial charge >= 0.3 is 0 Å². The maximum atomic E-state index is 14.0. The Bertz CT molecular complexity index is 839. The molecule has 1 aliphatic heterocycles. The molecule has 2 amide bonds. The van der Waals surface area contributed by atoms with Crippen molar-refractivity contribution in [1.29, 1.82) is 0 Å². The summed E-state index contributed by atoms with van der Waals surface area (Å²) in [6, 6.07) is 9.40. The minimum atomic E-state index is -0.763. The number of halogens is 3. The second kappa shape index (κ2) is 7.41. The average Bonchev–Trinajstić information content (AvgIpc) is 2.58. The van der Waals surface area contributed by atoms with Crippen LogP contribution in [-0.2, 0) is 22.7 Å². The van der Waals surface area contributed by atoms with E-state index in [0.29, 0.717) is 5.56 Å². The Labute approximate surface area is 155 Å². The fourth-order valence-corrected chi connectivity index (χ4v) is 3.24. The standard InChI is InChI=1S/C19H17ClF2N2O2/c1-12-19(26)23(9-13-4-2-5-14(21)8-13)11-18(25)24(12)10-15-16(20)6-3-7-17(15)22/h2-8,12H,9-11H2,1H3/t12-/m0/s1. The van der Waals surface area contributed by atoms with E-state index in [4.69, 9.17) is 11.6 Å². The summed E-state index contributed by atoms with van der Waals surface area (Å²) >= 11 is 6.02. The molecule has 1 heterocycles. The molecule has 3 rings (SSSR count). The van der Waals surface area contributed by atoms with Gasteiger partial charge in [-0.15, -0.1) is 0 Å². The largest absolute Gasteiger partial charge is 0.327 e. The monoisotopic (exact) mass is 378 g/mol. The fraction of sp³-hybridized carbons (Fsp3) is 0.263. The quantitative estimate of drug-likeness (QED) is 0.818. The summed E-state index contributed by atoms with van der Waals surface area (Å²) < 4.78 is 27.3. The van der Waals surface area contributed by atoms with Crippen molar-refractivity contribution in [1.82, 2.24) is 9.80 Å². The number of amides is 2. The van der Waals surface area contributed by atoms with Gasteiger partial charge in [-0.1, -0.05) is 29.8 Å². The van der Waals surface area contributed by atoms with Crippen LogP contribution in [0.3, 0.4) is 0 Å². The minimum absolute atomic E-state index is 0.0783. The first-order chi connectivity index (χ1) is 12.4. The molecule has 7 heteroatoms. The van der Waals surface area contributed by atoms with Crippen LogP contribution in [0.15, 0.2) is 42.5 Å². The van der Waals surface area contributed by atoms with Gasteiger partial charge < -0.3 is 9.80 Å². The van der Waals surface area contributed by atoms with Crippen LogP contribution in [0.4, 0.5) is 8.78 Å². The van der Waals surface area contributed by atoms with Crippen LogP contribution in [0.1, 0.15) is 18.1 Å². The fourth-order valence-electron chi connectivity index (χ4n) is 3.01. The molecule has 0 spiro atoms. The number of hydrogen-bond donors (Lipinski definition) is 0. The molecule has 1 saturated heterocycles. The summed E-state index contributed by atoms with van der Waals surface area (Å²) in [6.07, 6.45) is 0. The highest BCUT2D eigenvalue weighted by atomic mass is 35.5. The van der Waals surface area contributed by atoms with E-state index in [-0.39, 0.29) is 42.0 Å². The normalized spacial score (nSPS) is 17.8. The van der Waals surface area contributed by atoms with Crippen LogP contribution in [0.2, 0.25) is 5.02 Å². The zero-order valence-corrected chi connectivity index (χ0v) is 14.8. The lowest BCUT2D eigenvalue weighted by molar-refractivity contribution is -0.156. The number of carbonyl (C=O) groups excluding carboxylic acids is 2. The molecule has 1 fully saturated rings. The summed E-state index contributed by atoms with van der Waals surface area (Å²) in [6.45, 7) is 1.50. The van der Waals surface area contributed by atoms with Crippen molar-refractivity contribution in [3.8, 4) is 0 Å². The number of benzene rings is 2. The zero-order chi connectivity index (χ0) is 18.8. The third kappa shape index (κ3) is 3.70. The van der Waals surface area contributed by atoms with Crippen molar-refractivity contribution < 1.29 is 18.4 Å². The smallest absolute Gasteiger partial charge is 0.245 e. The summed E-state index contributed by atoms with van der Waals surface area (Å²) in [5.74, 6) is -1.51. The Morgan fingerprint density at radius 3 is 2.54 bits per heavy atom. The molecule has 26 heavy (non-hydrogen) atoms. The molecule has 0 saturated carbocycles. The molecule has 136 valence electrons. The Morgan fingerprint density at radius 2 is 1.85 bits per heavy atom. The molecule has 2 aromatic rings. The molecule has 1 aliphatic rings. The summed E-state index contributed by atoms with van der Waals surface area (Å²) in [4.78, 5) is 27.9. The predicted octanol–water partition coefficient (Wildman–Crippen LogP) is 3.38. The van der Waals surface area contributed by atoms with Gasteiger partial charge in [0.25, 0.3) is 0 Å². The van der Waals surface area contributed by atoms with E-state index in [1.165, 1.54) is 40.1 Å². The Kier molecular flexibility index (Phi) is 5.23. The van der Waals surface area contributed by atoms with Crippen molar-refractivity contribution in [2.75, 3.05) is 6.54 Å². The summed E-state index contributed by atoms with van der Waals surface area (Å²) in [7, 11) is 0. The van der Waals surface area contributed by atoms with Gasteiger partial charge in [-0.05, 0) is 36.8 Å². The van der Waals surface area contributed by atoms with Gasteiger partial charge in [0.15, 0.2) is 0 Å². The predicted molar refractivity (Wildman–Crippen MR) is 93.2 cm³/mol. The van der Waals surface area contributed by atoms with E-state index < -0.39 is 17.7 Å². The van der Waals surface area contributed by atoms with Gasteiger partial charge in [0.05, 0.1) is 6.54 Å². The van der Waals surface area contributed by atoms with E-state index >= 15 is 0 Å². The zero-order valence-electron chi connectivity index (χ0n) is 14.1. The first-order valence-corrected chi connectivity index (χ1v) is 8.50. The third-order valence-corrected chi connectivity index (χ3v) is 4.79. The van der Waals surface area contributed by atoms with Crippen LogP contribution in [0.25, 0.3) is 0 Å². The van der Waals surface area contributed by atoms with Gasteiger partial charge in [-0.2, -0.15) is 0 Å². The molecular weight excluding hydrogens is 362 g/mol. The molecular formula is C19H17ClF2N2O2. The Hall–Kier alpha value is -2.47.